The lowest BCUT2D eigenvalue weighted by atomic mass is 10.2. The maximum absolute atomic E-state index is 12.2. The van der Waals surface area contributed by atoms with Crippen LogP contribution in [0.2, 0.25) is 15.1 Å². The fourth-order valence-corrected chi connectivity index (χ4v) is 4.01. The zero-order chi connectivity index (χ0) is 14.8. The van der Waals surface area contributed by atoms with Gasteiger partial charge in [-0.1, -0.05) is 53.0 Å². The predicted octanol–water partition coefficient (Wildman–Crippen LogP) is 4.13. The quantitative estimate of drug-likeness (QED) is 0.901. The highest BCUT2D eigenvalue weighted by molar-refractivity contribution is 7.89. The topological polar surface area (TPSA) is 46.2 Å². The zero-order valence-electron chi connectivity index (χ0n) is 10.1. The molecule has 2 aromatic carbocycles. The van der Waals surface area contributed by atoms with Crippen molar-refractivity contribution in [2.24, 2.45) is 0 Å². The average molecular weight is 351 g/mol. The first kappa shape index (κ1) is 15.6. The molecule has 20 heavy (non-hydrogen) atoms. The summed E-state index contributed by atoms with van der Waals surface area (Å²) in [5.74, 6) is 0. The van der Waals surface area contributed by atoms with E-state index in [4.69, 9.17) is 34.8 Å². The fraction of sp³-hybridized carbons (Fsp3) is 0.0769. The van der Waals surface area contributed by atoms with Crippen LogP contribution >= 0.6 is 34.8 Å². The summed E-state index contributed by atoms with van der Waals surface area (Å²) >= 11 is 17.6. The van der Waals surface area contributed by atoms with Gasteiger partial charge in [-0.25, -0.2) is 13.1 Å². The second kappa shape index (κ2) is 6.33. The number of nitrogens with one attached hydrogen (secondary N) is 1. The normalized spacial score (nSPS) is 11.6. The average Bonchev–Trinajstić information content (AvgIpc) is 2.36. The number of sulfonamides is 1. The Labute approximate surface area is 132 Å². The molecule has 0 aliphatic rings. The minimum Gasteiger partial charge on any atom is -0.207 e. The van der Waals surface area contributed by atoms with Gasteiger partial charge in [0.05, 0.1) is 10.0 Å². The minimum absolute atomic E-state index is 0.0797. The van der Waals surface area contributed by atoms with Crippen LogP contribution in [0.1, 0.15) is 5.56 Å². The highest BCUT2D eigenvalue weighted by Crippen LogP contribution is 2.28. The number of hydrogen-bond donors (Lipinski definition) is 1. The lowest BCUT2D eigenvalue weighted by molar-refractivity contribution is 0.581. The van der Waals surface area contributed by atoms with Crippen molar-refractivity contribution in [3.05, 3.63) is 63.1 Å². The third kappa shape index (κ3) is 3.65. The van der Waals surface area contributed by atoms with Gasteiger partial charge in [-0.15, -0.1) is 0 Å². The molecular formula is C13H10Cl3NO2S. The van der Waals surface area contributed by atoms with Crippen molar-refractivity contribution in [1.29, 1.82) is 0 Å². The molecule has 0 saturated heterocycles. The van der Waals surface area contributed by atoms with Gasteiger partial charge >= 0.3 is 0 Å². The summed E-state index contributed by atoms with van der Waals surface area (Å²) < 4.78 is 26.9. The number of halogens is 3. The van der Waals surface area contributed by atoms with E-state index in [1.54, 1.807) is 30.3 Å². The van der Waals surface area contributed by atoms with Crippen LogP contribution in [0.25, 0.3) is 0 Å². The Morgan fingerprint density at radius 2 is 1.55 bits per heavy atom. The molecule has 0 aromatic heterocycles. The standard InChI is InChI=1S/C13H10Cl3NO2S/c14-10-4-1-3-9(7-10)8-17-20(18,19)13-11(15)5-2-6-12(13)16/h1-7,17H,8H2. The van der Waals surface area contributed by atoms with Crippen molar-refractivity contribution in [2.45, 2.75) is 11.4 Å². The largest absolute Gasteiger partial charge is 0.243 e. The molecule has 7 heteroatoms. The Morgan fingerprint density at radius 1 is 0.950 bits per heavy atom. The van der Waals surface area contributed by atoms with Gasteiger partial charge in [0.1, 0.15) is 4.90 Å². The molecule has 0 atom stereocenters. The maximum Gasteiger partial charge on any atom is 0.243 e. The van der Waals surface area contributed by atoms with E-state index >= 15 is 0 Å². The van der Waals surface area contributed by atoms with Crippen molar-refractivity contribution in [3.8, 4) is 0 Å². The van der Waals surface area contributed by atoms with Gasteiger partial charge in [-0.2, -0.15) is 0 Å². The lowest BCUT2D eigenvalue weighted by Crippen LogP contribution is -2.23. The van der Waals surface area contributed by atoms with Crippen LogP contribution in [0.4, 0.5) is 0 Å². The molecule has 0 heterocycles. The van der Waals surface area contributed by atoms with E-state index in [1.807, 2.05) is 0 Å². The zero-order valence-corrected chi connectivity index (χ0v) is 13.2. The molecule has 3 nitrogen and oxygen atoms in total. The molecule has 0 aliphatic carbocycles. The predicted molar refractivity (Wildman–Crippen MR) is 81.9 cm³/mol. The third-order valence-corrected chi connectivity index (χ3v) is 5.13. The van der Waals surface area contributed by atoms with Gasteiger partial charge in [0.2, 0.25) is 10.0 Å². The monoisotopic (exact) mass is 349 g/mol. The van der Waals surface area contributed by atoms with E-state index in [1.165, 1.54) is 12.1 Å². The van der Waals surface area contributed by atoms with E-state index < -0.39 is 10.0 Å². The molecule has 0 amide bonds. The van der Waals surface area contributed by atoms with Gasteiger partial charge in [-0.05, 0) is 29.8 Å². The van der Waals surface area contributed by atoms with Crippen LogP contribution in [-0.2, 0) is 16.6 Å². The van der Waals surface area contributed by atoms with E-state index in [2.05, 4.69) is 4.72 Å². The van der Waals surface area contributed by atoms with Crippen LogP contribution in [0.15, 0.2) is 47.4 Å². The molecule has 1 N–H and O–H groups in total. The van der Waals surface area contributed by atoms with Gasteiger partial charge in [0.25, 0.3) is 0 Å². The highest BCUT2D eigenvalue weighted by atomic mass is 35.5. The molecule has 0 unspecified atom stereocenters. The van der Waals surface area contributed by atoms with Crippen molar-refractivity contribution >= 4 is 44.8 Å². The van der Waals surface area contributed by atoms with Crippen LogP contribution in [0.3, 0.4) is 0 Å². The van der Waals surface area contributed by atoms with Crippen molar-refractivity contribution < 1.29 is 8.42 Å². The molecule has 0 spiro atoms. The smallest absolute Gasteiger partial charge is 0.207 e. The molecule has 2 rings (SSSR count). The fourth-order valence-electron chi connectivity index (χ4n) is 1.64. The first-order chi connectivity index (χ1) is 9.40. The third-order valence-electron chi connectivity index (χ3n) is 2.54. The highest BCUT2D eigenvalue weighted by Gasteiger charge is 2.21. The minimum atomic E-state index is -3.79. The molecule has 0 bridgehead atoms. The van der Waals surface area contributed by atoms with Gasteiger partial charge in [0.15, 0.2) is 0 Å². The summed E-state index contributed by atoms with van der Waals surface area (Å²) in [6.07, 6.45) is 0. The van der Waals surface area contributed by atoms with Gasteiger partial charge in [-0.3, -0.25) is 0 Å². The molecule has 2 aromatic rings. The Hall–Kier alpha value is -0.780. The summed E-state index contributed by atoms with van der Waals surface area (Å²) in [5, 5.41) is 0.699. The Kier molecular flexibility index (Phi) is 4.94. The number of benzene rings is 2. The molecule has 0 aliphatic heterocycles. The second-order valence-corrected chi connectivity index (χ2v) is 6.96. The van der Waals surface area contributed by atoms with E-state index in [0.29, 0.717) is 5.02 Å². The first-order valence-electron chi connectivity index (χ1n) is 5.58. The summed E-state index contributed by atoms with van der Waals surface area (Å²) in [6, 6.07) is 11.4. The molecule has 0 fully saturated rings. The second-order valence-electron chi connectivity index (χ2n) is 4.01. The van der Waals surface area contributed by atoms with Crippen LogP contribution in [-0.4, -0.2) is 8.42 Å². The Bertz CT molecular complexity index is 712. The SMILES string of the molecule is O=S(=O)(NCc1cccc(Cl)c1)c1c(Cl)cccc1Cl. The summed E-state index contributed by atoms with van der Waals surface area (Å²) in [5.41, 5.74) is 0.740. The Balaban J connectivity index is 2.24. The van der Waals surface area contributed by atoms with Crippen LogP contribution in [0.5, 0.6) is 0 Å². The number of rotatable bonds is 4. The van der Waals surface area contributed by atoms with Crippen molar-refractivity contribution in [1.82, 2.24) is 4.72 Å². The molecule has 0 radical (unpaired) electrons. The lowest BCUT2D eigenvalue weighted by Gasteiger charge is -2.10. The van der Waals surface area contributed by atoms with Crippen LogP contribution < -0.4 is 4.72 Å². The van der Waals surface area contributed by atoms with Crippen LogP contribution in [0, 0.1) is 0 Å². The molecule has 106 valence electrons. The summed E-state index contributed by atoms with van der Waals surface area (Å²) in [4.78, 5) is -0.120. The maximum atomic E-state index is 12.2. The molecular weight excluding hydrogens is 341 g/mol. The van der Waals surface area contributed by atoms with Gasteiger partial charge < -0.3 is 0 Å². The summed E-state index contributed by atoms with van der Waals surface area (Å²) in [7, 11) is -3.79. The Morgan fingerprint density at radius 3 is 2.15 bits per heavy atom. The molecule has 0 saturated carbocycles. The van der Waals surface area contributed by atoms with E-state index in [0.717, 1.165) is 5.56 Å². The van der Waals surface area contributed by atoms with E-state index in [9.17, 15) is 8.42 Å². The van der Waals surface area contributed by atoms with Gasteiger partial charge in [0, 0.05) is 11.6 Å². The van der Waals surface area contributed by atoms with Crippen molar-refractivity contribution in [3.63, 3.8) is 0 Å². The summed E-state index contributed by atoms with van der Waals surface area (Å²) in [6.45, 7) is 0.102. The van der Waals surface area contributed by atoms with E-state index in [-0.39, 0.29) is 21.5 Å². The number of hydrogen-bond acceptors (Lipinski definition) is 2. The van der Waals surface area contributed by atoms with Crippen molar-refractivity contribution in [2.75, 3.05) is 0 Å². The first-order valence-corrected chi connectivity index (χ1v) is 8.20.